The summed E-state index contributed by atoms with van der Waals surface area (Å²) < 4.78 is 7.03. The van der Waals surface area contributed by atoms with E-state index in [1.165, 1.54) is 7.11 Å². The van der Waals surface area contributed by atoms with E-state index in [-0.39, 0.29) is 24.8 Å². The Hall–Kier alpha value is -6.36. The minimum absolute atomic E-state index is 0.0150. The van der Waals surface area contributed by atoms with Gasteiger partial charge in [0.1, 0.15) is 29.0 Å². The molecule has 6 aromatic rings. The fraction of sp³-hybridized carbons (Fsp3) is 0.360. The summed E-state index contributed by atoms with van der Waals surface area (Å²) in [6.45, 7) is 13.7. The molecule has 3 aromatic heterocycles. The molecule has 0 radical (unpaired) electrons. The van der Waals surface area contributed by atoms with E-state index in [2.05, 4.69) is 39.7 Å². The Bertz CT molecular complexity index is 2820. The van der Waals surface area contributed by atoms with Crippen molar-refractivity contribution in [2.24, 2.45) is 10.4 Å². The lowest BCUT2D eigenvalue weighted by Gasteiger charge is -2.35. The molecule has 2 aliphatic heterocycles. The van der Waals surface area contributed by atoms with Crippen LogP contribution in [0.2, 0.25) is 0 Å². The van der Waals surface area contributed by atoms with Crippen molar-refractivity contribution in [3.8, 4) is 26.6 Å². The Morgan fingerprint density at radius 2 is 1.53 bits per heavy atom. The molecule has 0 spiro atoms. The van der Waals surface area contributed by atoms with Gasteiger partial charge in [-0.1, -0.05) is 81.4 Å². The minimum atomic E-state index is -0.920. The summed E-state index contributed by atoms with van der Waals surface area (Å²) in [7, 11) is 1.36. The van der Waals surface area contributed by atoms with Gasteiger partial charge < -0.3 is 25.4 Å². The molecular weight excluding hydrogens is 873 g/mol. The summed E-state index contributed by atoms with van der Waals surface area (Å²) in [6.07, 6.45) is 1.11. The number of esters is 1. The number of aliphatic hydroxyl groups is 1. The predicted molar refractivity (Wildman–Crippen MR) is 256 cm³/mol. The van der Waals surface area contributed by atoms with Gasteiger partial charge in [-0.05, 0) is 85.9 Å². The zero-order chi connectivity index (χ0) is 47.0. The van der Waals surface area contributed by atoms with Crippen LogP contribution in [0, 0.1) is 33.1 Å². The van der Waals surface area contributed by atoms with E-state index in [0.29, 0.717) is 36.6 Å². The summed E-state index contributed by atoms with van der Waals surface area (Å²) in [5.41, 5.74) is 9.71. The van der Waals surface area contributed by atoms with Gasteiger partial charge in [-0.2, -0.15) is 0 Å². The number of likely N-dealkylation sites (tertiary alicyclic amines) is 1. The third-order valence-electron chi connectivity index (χ3n) is 12.5. The van der Waals surface area contributed by atoms with Crippen molar-refractivity contribution in [1.29, 1.82) is 0 Å². The number of nitrogens with one attached hydrogen (secondary N) is 2. The monoisotopic (exact) mass is 926 g/mol. The molecule has 3 N–H and O–H groups in total. The Labute approximate surface area is 392 Å². The van der Waals surface area contributed by atoms with Crippen LogP contribution in [-0.2, 0) is 19.1 Å². The maximum Gasteiger partial charge on any atom is 0.308 e. The molecule has 3 aromatic carbocycles. The molecule has 0 aliphatic carbocycles. The molecule has 1 fully saturated rings. The maximum atomic E-state index is 14.3. The number of nitrogens with zero attached hydrogens (tertiary/aromatic N) is 6. The largest absolute Gasteiger partial charge is 0.469 e. The average Bonchev–Trinajstić information content (AvgIpc) is 4.11. The normalized spacial score (nSPS) is 16.7. The van der Waals surface area contributed by atoms with Gasteiger partial charge in [-0.3, -0.25) is 28.7 Å². The third kappa shape index (κ3) is 9.09. The number of aryl methyl sites for hydroxylation is 3. The molecule has 14 nitrogen and oxygen atoms in total. The van der Waals surface area contributed by atoms with Gasteiger partial charge in [0, 0.05) is 28.1 Å². The van der Waals surface area contributed by atoms with Crippen molar-refractivity contribution in [3.05, 3.63) is 128 Å². The summed E-state index contributed by atoms with van der Waals surface area (Å²) in [5.74, 6) is -0.180. The second-order valence-corrected chi connectivity index (χ2v) is 20.0. The highest BCUT2D eigenvalue weighted by Gasteiger charge is 2.42. The number of fused-ring (bicyclic) bond motifs is 3. The van der Waals surface area contributed by atoms with E-state index in [1.807, 2.05) is 99.8 Å². The van der Waals surface area contributed by atoms with E-state index in [1.54, 1.807) is 45.2 Å². The zero-order valence-corrected chi connectivity index (χ0v) is 40.0. The van der Waals surface area contributed by atoms with Gasteiger partial charge >= 0.3 is 5.97 Å². The van der Waals surface area contributed by atoms with E-state index in [4.69, 9.17) is 9.73 Å². The van der Waals surface area contributed by atoms with Gasteiger partial charge in [0.05, 0.1) is 48.0 Å². The van der Waals surface area contributed by atoms with Crippen LogP contribution >= 0.6 is 22.7 Å². The topological polar surface area (TPSA) is 181 Å². The molecule has 342 valence electrons. The van der Waals surface area contributed by atoms with E-state index in [0.717, 1.165) is 65.1 Å². The first-order chi connectivity index (χ1) is 31.6. The molecule has 2 aliphatic rings. The number of methoxy groups -OCH3 is 1. The second kappa shape index (κ2) is 18.9. The fourth-order valence-corrected chi connectivity index (χ4v) is 10.7. The quantitative estimate of drug-likeness (QED) is 0.103. The number of thiophene rings is 1. The van der Waals surface area contributed by atoms with Crippen molar-refractivity contribution in [1.82, 2.24) is 35.3 Å². The van der Waals surface area contributed by atoms with Crippen molar-refractivity contribution >= 4 is 52.1 Å². The number of benzene rings is 3. The average molecular weight is 927 g/mol. The first kappa shape index (κ1) is 46.2. The number of carbonyl (C=O) groups excluding carboxylic acids is 4. The highest BCUT2D eigenvalue weighted by atomic mass is 32.1. The van der Waals surface area contributed by atoms with Crippen LogP contribution < -0.4 is 10.6 Å². The first-order valence-corrected chi connectivity index (χ1v) is 23.7. The third-order valence-corrected chi connectivity index (χ3v) is 14.7. The van der Waals surface area contributed by atoms with E-state index in [9.17, 15) is 24.3 Å². The second-order valence-electron chi connectivity index (χ2n) is 17.9. The molecule has 4 atom stereocenters. The number of carbonyl (C=O) groups is 4. The molecule has 16 heteroatoms. The first-order valence-electron chi connectivity index (χ1n) is 22.0. The number of thiazole rings is 1. The van der Waals surface area contributed by atoms with Crippen LogP contribution in [0.25, 0.3) is 26.6 Å². The molecule has 0 bridgehead atoms. The SMILES string of the molecule is COC(=O)C[C@@H]1N=C(c2ccc(-c3ccc(C(=O)N[C@H](C(=O)N4CCC[C@H]4C(=O)N[C@@H](CO)c4ccc(-c5scnc5C)cc4)C(C)(C)C)cc3)cc2)c2c(sc(C)c2C)-n2c(C)nnc21. The van der Waals surface area contributed by atoms with Gasteiger partial charge in [0.2, 0.25) is 11.8 Å². The van der Waals surface area contributed by atoms with Crippen molar-refractivity contribution < 1.29 is 29.0 Å². The predicted octanol–water partition coefficient (Wildman–Crippen LogP) is 7.79. The Morgan fingerprint density at radius 1 is 0.879 bits per heavy atom. The summed E-state index contributed by atoms with van der Waals surface area (Å²) in [6, 6.07) is 20.0. The standard InChI is InChI=1S/C50H54N8O6S2/c1-27-29(3)66-49-41(27)42(52-37(24-40(60)64-8)45-56-55-30(4)58(45)49)34-17-11-31(12-18-34)32-13-21-36(22-14-32)46(61)54-44(50(5,6)7)48(63)57-23-9-10-39(57)47(62)53-38(25-59)33-15-19-35(20-16-33)43-28(2)51-26-65-43/h11-22,26,37-39,44,59H,9-10,23-25H2,1-8H3,(H,53,62)(H,54,61)/t37-,38-,39-,44+/m0/s1. The number of hydrogen-bond donors (Lipinski definition) is 3. The number of amides is 3. The van der Waals surface area contributed by atoms with Gasteiger partial charge in [-0.15, -0.1) is 32.9 Å². The van der Waals surface area contributed by atoms with Gasteiger partial charge in [-0.25, -0.2) is 4.98 Å². The van der Waals surface area contributed by atoms with Crippen molar-refractivity contribution in [2.45, 2.75) is 91.9 Å². The highest BCUT2D eigenvalue weighted by molar-refractivity contribution is 7.15. The van der Waals surface area contributed by atoms with Crippen LogP contribution in [0.1, 0.15) is 107 Å². The van der Waals surface area contributed by atoms with Crippen LogP contribution in [0.3, 0.4) is 0 Å². The van der Waals surface area contributed by atoms with Crippen LogP contribution in [0.5, 0.6) is 0 Å². The molecule has 0 unspecified atom stereocenters. The van der Waals surface area contributed by atoms with Crippen LogP contribution in [0.4, 0.5) is 0 Å². The molecule has 0 saturated carbocycles. The minimum Gasteiger partial charge on any atom is -0.469 e. The van der Waals surface area contributed by atoms with Crippen LogP contribution in [0.15, 0.2) is 83.3 Å². The lowest BCUT2D eigenvalue weighted by atomic mass is 9.85. The molecule has 1 saturated heterocycles. The zero-order valence-electron chi connectivity index (χ0n) is 38.3. The molecule has 66 heavy (non-hydrogen) atoms. The summed E-state index contributed by atoms with van der Waals surface area (Å²) in [4.78, 5) is 67.9. The number of aliphatic hydroxyl groups excluding tert-OH is 1. The number of aliphatic imine (C=N–C) groups is 1. The fourth-order valence-electron chi connectivity index (χ4n) is 8.68. The Morgan fingerprint density at radius 3 is 2.15 bits per heavy atom. The smallest absolute Gasteiger partial charge is 0.308 e. The number of aromatic nitrogens is 4. The number of rotatable bonds is 12. The summed E-state index contributed by atoms with van der Waals surface area (Å²) >= 11 is 3.20. The summed E-state index contributed by atoms with van der Waals surface area (Å²) in [5, 5.41) is 26.1. The van der Waals surface area contributed by atoms with Crippen molar-refractivity contribution in [3.63, 3.8) is 0 Å². The Balaban J connectivity index is 0.960. The lowest BCUT2D eigenvalue weighted by Crippen LogP contribution is -2.57. The highest BCUT2D eigenvalue weighted by Crippen LogP contribution is 2.40. The Kier molecular flexibility index (Phi) is 13.2. The number of hydrogen-bond acceptors (Lipinski definition) is 12. The van der Waals surface area contributed by atoms with Gasteiger partial charge in [0.25, 0.3) is 5.91 Å². The molecular formula is C50H54N8O6S2. The van der Waals surface area contributed by atoms with Crippen LogP contribution in [-0.4, -0.2) is 91.5 Å². The maximum absolute atomic E-state index is 14.3. The van der Waals surface area contributed by atoms with Crippen molar-refractivity contribution in [2.75, 3.05) is 20.3 Å². The van der Waals surface area contributed by atoms with E-state index < -0.39 is 41.5 Å². The molecule has 3 amide bonds. The molecule has 5 heterocycles. The lowest BCUT2D eigenvalue weighted by molar-refractivity contribution is -0.142. The van der Waals surface area contributed by atoms with Gasteiger partial charge in [0.15, 0.2) is 5.82 Å². The van der Waals surface area contributed by atoms with E-state index >= 15 is 0 Å². The molecule has 8 rings (SSSR count). The number of ether oxygens (including phenoxy) is 1.